The van der Waals surface area contributed by atoms with E-state index < -0.39 is 10.0 Å². The molecule has 3 aromatic carbocycles. The molecular formula is C22H19Cl2NO3S2. The van der Waals surface area contributed by atoms with Crippen molar-refractivity contribution >= 4 is 50.1 Å². The average molecular weight is 480 g/mol. The van der Waals surface area contributed by atoms with Crippen LogP contribution in [0.25, 0.3) is 11.1 Å². The SMILES string of the molecule is NS(=O)(=O)c1ccc(-c2cccc(SC(=O)CCCc3ccc(Cl)cc3Cl)c2)cc1. The van der Waals surface area contributed by atoms with E-state index in [1.54, 1.807) is 24.3 Å². The Bertz CT molecular complexity index is 1160. The van der Waals surface area contributed by atoms with E-state index >= 15 is 0 Å². The number of nitrogens with two attached hydrogens (primary N) is 1. The van der Waals surface area contributed by atoms with Crippen molar-refractivity contribution < 1.29 is 13.2 Å². The summed E-state index contributed by atoms with van der Waals surface area (Å²) in [5, 5.41) is 6.41. The van der Waals surface area contributed by atoms with Gasteiger partial charge in [-0.3, -0.25) is 4.79 Å². The first kappa shape index (κ1) is 22.8. The van der Waals surface area contributed by atoms with Crippen molar-refractivity contribution in [3.8, 4) is 11.1 Å². The number of thioether (sulfide) groups is 1. The largest absolute Gasteiger partial charge is 0.287 e. The number of hydrogen-bond acceptors (Lipinski definition) is 4. The van der Waals surface area contributed by atoms with Gasteiger partial charge in [0, 0.05) is 21.4 Å². The number of sulfonamides is 1. The highest BCUT2D eigenvalue weighted by Crippen LogP contribution is 2.28. The number of primary sulfonamides is 1. The molecule has 3 rings (SSSR count). The van der Waals surface area contributed by atoms with E-state index in [-0.39, 0.29) is 10.0 Å². The zero-order valence-corrected chi connectivity index (χ0v) is 19.0. The number of rotatable bonds is 7. The van der Waals surface area contributed by atoms with Gasteiger partial charge in [0.25, 0.3) is 0 Å². The van der Waals surface area contributed by atoms with E-state index in [2.05, 4.69) is 0 Å². The minimum absolute atomic E-state index is 0.0627. The molecule has 0 radical (unpaired) electrons. The highest BCUT2D eigenvalue weighted by atomic mass is 35.5. The van der Waals surface area contributed by atoms with Gasteiger partial charge in [0.15, 0.2) is 5.12 Å². The van der Waals surface area contributed by atoms with E-state index in [0.717, 1.165) is 21.6 Å². The summed E-state index contributed by atoms with van der Waals surface area (Å²) in [5.74, 6) is 0. The summed E-state index contributed by atoms with van der Waals surface area (Å²) in [5.41, 5.74) is 2.71. The third-order valence-corrected chi connectivity index (χ3v) is 6.86. The summed E-state index contributed by atoms with van der Waals surface area (Å²) >= 11 is 13.3. The van der Waals surface area contributed by atoms with Crippen LogP contribution in [0.3, 0.4) is 0 Å². The second kappa shape index (κ2) is 9.98. The lowest BCUT2D eigenvalue weighted by Crippen LogP contribution is -2.11. The average Bonchev–Trinajstić information content (AvgIpc) is 2.69. The molecule has 3 aromatic rings. The Morgan fingerprint density at radius 3 is 2.33 bits per heavy atom. The third-order valence-electron chi connectivity index (χ3n) is 4.42. The molecule has 0 heterocycles. The summed E-state index contributed by atoms with van der Waals surface area (Å²) < 4.78 is 22.8. The van der Waals surface area contributed by atoms with E-state index in [4.69, 9.17) is 28.3 Å². The first-order chi connectivity index (χ1) is 14.2. The lowest BCUT2D eigenvalue weighted by molar-refractivity contribution is -0.111. The zero-order chi connectivity index (χ0) is 21.7. The Morgan fingerprint density at radius 2 is 1.67 bits per heavy atom. The van der Waals surface area contributed by atoms with Gasteiger partial charge in [-0.2, -0.15) is 0 Å². The fourth-order valence-corrected chi connectivity index (χ4v) is 4.77. The Balaban J connectivity index is 1.60. The predicted molar refractivity (Wildman–Crippen MR) is 124 cm³/mol. The van der Waals surface area contributed by atoms with Gasteiger partial charge in [0.2, 0.25) is 10.0 Å². The standard InChI is InChI=1S/C22H19Cl2NO3S2/c23-18-10-7-16(21(24)14-18)3-2-6-22(26)29-19-5-1-4-17(13-19)15-8-11-20(12-9-15)30(25,27)28/h1,4-5,7-14H,2-3,6H2,(H2,25,27,28). The van der Waals surface area contributed by atoms with Gasteiger partial charge < -0.3 is 0 Å². The number of hydrogen-bond donors (Lipinski definition) is 1. The number of aryl methyl sites for hydroxylation is 1. The number of carbonyl (C=O) groups is 1. The normalized spacial score (nSPS) is 11.4. The van der Waals surface area contributed by atoms with Crippen LogP contribution >= 0.6 is 35.0 Å². The molecule has 0 aliphatic rings. The molecule has 4 nitrogen and oxygen atoms in total. The third kappa shape index (κ3) is 6.33. The topological polar surface area (TPSA) is 77.2 Å². The van der Waals surface area contributed by atoms with Crippen LogP contribution < -0.4 is 5.14 Å². The maximum absolute atomic E-state index is 12.4. The molecule has 0 unspecified atom stereocenters. The highest BCUT2D eigenvalue weighted by Gasteiger charge is 2.10. The molecule has 0 fully saturated rings. The quantitative estimate of drug-likeness (QED) is 0.424. The molecule has 0 atom stereocenters. The van der Waals surface area contributed by atoms with Crippen molar-refractivity contribution in [1.82, 2.24) is 0 Å². The highest BCUT2D eigenvalue weighted by molar-refractivity contribution is 8.13. The monoisotopic (exact) mass is 479 g/mol. The Hall–Kier alpha value is -1.83. The van der Waals surface area contributed by atoms with Crippen molar-refractivity contribution in [2.75, 3.05) is 0 Å². The second-order valence-electron chi connectivity index (χ2n) is 6.66. The fourth-order valence-electron chi connectivity index (χ4n) is 2.91. The van der Waals surface area contributed by atoms with Crippen LogP contribution in [-0.2, 0) is 21.2 Å². The Labute approximate surface area is 190 Å². The molecule has 0 spiro atoms. The van der Waals surface area contributed by atoms with Crippen LogP contribution in [0.15, 0.2) is 76.5 Å². The molecule has 0 aromatic heterocycles. The molecular weight excluding hydrogens is 461 g/mol. The van der Waals surface area contributed by atoms with Gasteiger partial charge >= 0.3 is 0 Å². The molecule has 30 heavy (non-hydrogen) atoms. The molecule has 0 bridgehead atoms. The molecule has 2 N–H and O–H groups in total. The van der Waals surface area contributed by atoms with Crippen LogP contribution in [0.1, 0.15) is 18.4 Å². The minimum Gasteiger partial charge on any atom is -0.287 e. The molecule has 156 valence electrons. The van der Waals surface area contributed by atoms with Crippen molar-refractivity contribution in [1.29, 1.82) is 0 Å². The molecule has 8 heteroatoms. The van der Waals surface area contributed by atoms with Gasteiger partial charge in [0.05, 0.1) is 4.90 Å². The van der Waals surface area contributed by atoms with E-state index in [9.17, 15) is 13.2 Å². The number of carbonyl (C=O) groups excluding carboxylic acids is 1. The summed E-state index contributed by atoms with van der Waals surface area (Å²) in [7, 11) is -3.72. The molecule has 0 amide bonds. The van der Waals surface area contributed by atoms with E-state index in [1.807, 2.05) is 30.3 Å². The molecule has 0 saturated carbocycles. The summed E-state index contributed by atoms with van der Waals surface area (Å²) in [6.07, 6.45) is 1.83. The van der Waals surface area contributed by atoms with Crippen LogP contribution in [-0.4, -0.2) is 13.5 Å². The lowest BCUT2D eigenvalue weighted by atomic mass is 10.1. The summed E-state index contributed by atoms with van der Waals surface area (Å²) in [4.78, 5) is 13.3. The first-order valence-corrected chi connectivity index (χ1v) is 12.2. The maximum atomic E-state index is 12.4. The Morgan fingerprint density at radius 1 is 0.933 bits per heavy atom. The zero-order valence-electron chi connectivity index (χ0n) is 15.8. The maximum Gasteiger partial charge on any atom is 0.238 e. The van der Waals surface area contributed by atoms with E-state index in [1.165, 1.54) is 23.9 Å². The van der Waals surface area contributed by atoms with Crippen LogP contribution in [0.5, 0.6) is 0 Å². The lowest BCUT2D eigenvalue weighted by Gasteiger charge is -2.07. The van der Waals surface area contributed by atoms with Crippen molar-refractivity contribution in [3.05, 3.63) is 82.3 Å². The van der Waals surface area contributed by atoms with Crippen molar-refractivity contribution in [2.45, 2.75) is 29.1 Å². The van der Waals surface area contributed by atoms with Gasteiger partial charge in [-0.1, -0.05) is 65.3 Å². The van der Waals surface area contributed by atoms with Gasteiger partial charge in [-0.05, 0) is 65.9 Å². The van der Waals surface area contributed by atoms with Crippen LogP contribution in [0, 0.1) is 0 Å². The fraction of sp³-hybridized carbons (Fsp3) is 0.136. The first-order valence-electron chi connectivity index (χ1n) is 9.10. The van der Waals surface area contributed by atoms with Crippen molar-refractivity contribution in [2.24, 2.45) is 5.14 Å². The Kier molecular flexibility index (Phi) is 7.60. The van der Waals surface area contributed by atoms with E-state index in [0.29, 0.717) is 29.3 Å². The number of benzene rings is 3. The molecule has 0 aliphatic carbocycles. The smallest absolute Gasteiger partial charge is 0.238 e. The summed E-state index contributed by atoms with van der Waals surface area (Å²) in [6.45, 7) is 0. The second-order valence-corrected chi connectivity index (χ2v) is 10.2. The minimum atomic E-state index is -3.72. The van der Waals surface area contributed by atoms with Gasteiger partial charge in [-0.15, -0.1) is 0 Å². The molecule has 0 saturated heterocycles. The van der Waals surface area contributed by atoms with Gasteiger partial charge in [0.1, 0.15) is 0 Å². The van der Waals surface area contributed by atoms with Crippen LogP contribution in [0.4, 0.5) is 0 Å². The number of halogens is 2. The predicted octanol–water partition coefficient (Wildman–Crippen LogP) is 5.95. The molecule has 0 aliphatic heterocycles. The van der Waals surface area contributed by atoms with Crippen molar-refractivity contribution in [3.63, 3.8) is 0 Å². The summed E-state index contributed by atoms with van der Waals surface area (Å²) in [6, 6.07) is 19.3. The van der Waals surface area contributed by atoms with Gasteiger partial charge in [-0.25, -0.2) is 13.6 Å². The van der Waals surface area contributed by atoms with Crippen LogP contribution in [0.2, 0.25) is 10.0 Å².